The summed E-state index contributed by atoms with van der Waals surface area (Å²) < 4.78 is 0. The van der Waals surface area contributed by atoms with Gasteiger partial charge in [0.25, 0.3) is 5.91 Å². The van der Waals surface area contributed by atoms with E-state index in [0.29, 0.717) is 23.2 Å². The maximum absolute atomic E-state index is 12.0. The standard InChI is InChI=1S/C13H18ClN3O/c14-10-5-6-11(16-8-10)13(18)17-12(7-15)9-3-1-2-4-9/h5-6,8-9,12H,1-4,7,15H2,(H,17,18)/t12-/m0/s1. The van der Waals surface area contributed by atoms with Gasteiger partial charge in [-0.2, -0.15) is 0 Å². The van der Waals surface area contributed by atoms with Gasteiger partial charge in [-0.3, -0.25) is 4.79 Å². The number of halogens is 1. The van der Waals surface area contributed by atoms with Gasteiger partial charge in [-0.05, 0) is 30.9 Å². The number of nitrogens with zero attached hydrogens (tertiary/aromatic N) is 1. The summed E-state index contributed by atoms with van der Waals surface area (Å²) in [6.07, 6.45) is 6.24. The van der Waals surface area contributed by atoms with Crippen molar-refractivity contribution < 1.29 is 4.79 Å². The molecule has 1 aromatic heterocycles. The van der Waals surface area contributed by atoms with E-state index >= 15 is 0 Å². The van der Waals surface area contributed by atoms with Gasteiger partial charge < -0.3 is 11.1 Å². The van der Waals surface area contributed by atoms with E-state index in [1.807, 2.05) is 0 Å². The van der Waals surface area contributed by atoms with Crippen LogP contribution in [0, 0.1) is 5.92 Å². The van der Waals surface area contributed by atoms with Crippen molar-refractivity contribution in [3.8, 4) is 0 Å². The summed E-state index contributed by atoms with van der Waals surface area (Å²) in [6, 6.07) is 3.34. The van der Waals surface area contributed by atoms with E-state index < -0.39 is 0 Å². The van der Waals surface area contributed by atoms with E-state index in [1.54, 1.807) is 12.1 Å². The third-order valence-corrected chi connectivity index (χ3v) is 3.72. The van der Waals surface area contributed by atoms with Crippen molar-refractivity contribution in [2.75, 3.05) is 6.54 Å². The average molecular weight is 268 g/mol. The fourth-order valence-corrected chi connectivity index (χ4v) is 2.59. The number of nitrogens with two attached hydrogens (primary N) is 1. The highest BCUT2D eigenvalue weighted by Crippen LogP contribution is 2.27. The number of carbonyl (C=O) groups excluding carboxylic acids is 1. The van der Waals surface area contributed by atoms with E-state index in [9.17, 15) is 4.79 Å². The number of amides is 1. The molecule has 0 aliphatic heterocycles. The second kappa shape index (κ2) is 6.16. The van der Waals surface area contributed by atoms with Crippen molar-refractivity contribution in [2.24, 2.45) is 11.7 Å². The summed E-state index contributed by atoms with van der Waals surface area (Å²) in [5.41, 5.74) is 6.13. The SMILES string of the molecule is NC[C@H](NC(=O)c1ccc(Cl)cn1)C1CCCC1. The summed E-state index contributed by atoms with van der Waals surface area (Å²) >= 11 is 5.74. The largest absolute Gasteiger partial charge is 0.346 e. The zero-order chi connectivity index (χ0) is 13.0. The van der Waals surface area contributed by atoms with Gasteiger partial charge in [-0.15, -0.1) is 0 Å². The molecule has 18 heavy (non-hydrogen) atoms. The molecule has 0 bridgehead atoms. The first-order chi connectivity index (χ1) is 8.70. The number of carbonyl (C=O) groups is 1. The number of hydrogen-bond acceptors (Lipinski definition) is 3. The molecule has 98 valence electrons. The first-order valence-electron chi connectivity index (χ1n) is 6.33. The van der Waals surface area contributed by atoms with Crippen molar-refractivity contribution in [1.29, 1.82) is 0 Å². The molecule has 1 atom stereocenters. The third-order valence-electron chi connectivity index (χ3n) is 3.50. The average Bonchev–Trinajstić information content (AvgIpc) is 2.90. The van der Waals surface area contributed by atoms with E-state index in [2.05, 4.69) is 10.3 Å². The first-order valence-corrected chi connectivity index (χ1v) is 6.71. The van der Waals surface area contributed by atoms with Crippen LogP contribution in [0.5, 0.6) is 0 Å². The molecule has 1 saturated carbocycles. The highest BCUT2D eigenvalue weighted by molar-refractivity contribution is 6.30. The lowest BCUT2D eigenvalue weighted by molar-refractivity contribution is 0.0919. The molecule has 0 radical (unpaired) electrons. The second-order valence-corrected chi connectivity index (χ2v) is 5.16. The van der Waals surface area contributed by atoms with Crippen LogP contribution in [0.15, 0.2) is 18.3 Å². The van der Waals surface area contributed by atoms with Crippen LogP contribution >= 0.6 is 11.6 Å². The molecule has 0 spiro atoms. The Morgan fingerprint density at radius 3 is 2.78 bits per heavy atom. The monoisotopic (exact) mass is 267 g/mol. The second-order valence-electron chi connectivity index (χ2n) is 4.72. The predicted octanol–water partition coefficient (Wildman–Crippen LogP) is 1.98. The van der Waals surface area contributed by atoms with Crippen molar-refractivity contribution >= 4 is 17.5 Å². The van der Waals surface area contributed by atoms with E-state index in [1.165, 1.54) is 19.0 Å². The number of hydrogen-bond donors (Lipinski definition) is 2. The van der Waals surface area contributed by atoms with Crippen LogP contribution in [-0.4, -0.2) is 23.5 Å². The molecule has 0 aromatic carbocycles. The quantitative estimate of drug-likeness (QED) is 0.877. The van der Waals surface area contributed by atoms with Gasteiger partial charge in [0.15, 0.2) is 0 Å². The molecule has 1 fully saturated rings. The normalized spacial score (nSPS) is 17.7. The summed E-state index contributed by atoms with van der Waals surface area (Å²) in [7, 11) is 0. The van der Waals surface area contributed by atoms with Gasteiger partial charge >= 0.3 is 0 Å². The summed E-state index contributed by atoms with van der Waals surface area (Å²) in [6.45, 7) is 0.476. The third kappa shape index (κ3) is 3.21. The molecule has 1 amide bonds. The van der Waals surface area contributed by atoms with Gasteiger partial charge in [0.05, 0.1) is 5.02 Å². The highest BCUT2D eigenvalue weighted by atomic mass is 35.5. The molecule has 1 aromatic rings. The molecule has 0 saturated heterocycles. The molecule has 1 heterocycles. The Hall–Kier alpha value is -1.13. The molecule has 5 heteroatoms. The van der Waals surface area contributed by atoms with Crippen LogP contribution in [0.3, 0.4) is 0 Å². The first kappa shape index (κ1) is 13.3. The van der Waals surface area contributed by atoms with Gasteiger partial charge in [0.1, 0.15) is 5.69 Å². The number of aromatic nitrogens is 1. The number of nitrogens with one attached hydrogen (secondary N) is 1. The Kier molecular flexibility index (Phi) is 4.55. The lowest BCUT2D eigenvalue weighted by Gasteiger charge is -2.22. The van der Waals surface area contributed by atoms with Gasteiger partial charge in [0.2, 0.25) is 0 Å². The molecular formula is C13H18ClN3O. The molecule has 3 N–H and O–H groups in total. The Morgan fingerprint density at radius 1 is 1.50 bits per heavy atom. The van der Waals surface area contributed by atoms with Crippen LogP contribution < -0.4 is 11.1 Å². The fraction of sp³-hybridized carbons (Fsp3) is 0.538. The Balaban J connectivity index is 1.98. The van der Waals surface area contributed by atoms with Crippen LogP contribution in [0.2, 0.25) is 5.02 Å². The Labute approximate surface area is 112 Å². The van der Waals surface area contributed by atoms with Crippen LogP contribution in [0.4, 0.5) is 0 Å². The van der Waals surface area contributed by atoms with E-state index in [4.69, 9.17) is 17.3 Å². The van der Waals surface area contributed by atoms with Gasteiger partial charge in [-0.25, -0.2) is 4.98 Å². The Morgan fingerprint density at radius 2 is 2.22 bits per heavy atom. The maximum atomic E-state index is 12.0. The van der Waals surface area contributed by atoms with Gasteiger partial charge in [0, 0.05) is 18.8 Å². The zero-order valence-corrected chi connectivity index (χ0v) is 11.0. The summed E-state index contributed by atoms with van der Waals surface area (Å²) in [4.78, 5) is 16.0. The zero-order valence-electron chi connectivity index (χ0n) is 10.2. The molecule has 1 aliphatic rings. The van der Waals surface area contributed by atoms with Crippen molar-refractivity contribution in [1.82, 2.24) is 10.3 Å². The molecule has 0 unspecified atom stereocenters. The minimum Gasteiger partial charge on any atom is -0.346 e. The minimum atomic E-state index is -0.172. The lowest BCUT2D eigenvalue weighted by atomic mass is 9.98. The maximum Gasteiger partial charge on any atom is 0.270 e. The van der Waals surface area contributed by atoms with Crippen LogP contribution in [0.25, 0.3) is 0 Å². The molecular weight excluding hydrogens is 250 g/mol. The van der Waals surface area contributed by atoms with Crippen molar-refractivity contribution in [3.63, 3.8) is 0 Å². The van der Waals surface area contributed by atoms with E-state index in [0.717, 1.165) is 12.8 Å². The van der Waals surface area contributed by atoms with Crippen molar-refractivity contribution in [2.45, 2.75) is 31.7 Å². The number of pyridine rings is 1. The van der Waals surface area contributed by atoms with Crippen LogP contribution in [0.1, 0.15) is 36.2 Å². The fourth-order valence-electron chi connectivity index (χ4n) is 2.48. The Bertz CT molecular complexity index is 401. The van der Waals surface area contributed by atoms with Crippen molar-refractivity contribution in [3.05, 3.63) is 29.0 Å². The topological polar surface area (TPSA) is 68.0 Å². The molecule has 1 aliphatic carbocycles. The number of rotatable bonds is 4. The smallest absolute Gasteiger partial charge is 0.270 e. The lowest BCUT2D eigenvalue weighted by Crippen LogP contribution is -2.44. The highest BCUT2D eigenvalue weighted by Gasteiger charge is 2.25. The van der Waals surface area contributed by atoms with Crippen LogP contribution in [-0.2, 0) is 0 Å². The molecule has 4 nitrogen and oxygen atoms in total. The minimum absolute atomic E-state index is 0.0532. The van der Waals surface area contributed by atoms with E-state index in [-0.39, 0.29) is 11.9 Å². The summed E-state index contributed by atoms with van der Waals surface area (Å²) in [5.74, 6) is 0.334. The molecule has 2 rings (SSSR count). The summed E-state index contributed by atoms with van der Waals surface area (Å²) in [5, 5.41) is 3.50. The van der Waals surface area contributed by atoms with Gasteiger partial charge in [-0.1, -0.05) is 24.4 Å². The predicted molar refractivity (Wildman–Crippen MR) is 71.5 cm³/mol.